The van der Waals surface area contributed by atoms with Crippen LogP contribution >= 0.6 is 22.9 Å². The van der Waals surface area contributed by atoms with Crippen LogP contribution in [0.15, 0.2) is 29.6 Å². The van der Waals surface area contributed by atoms with E-state index in [9.17, 15) is 18.0 Å². The number of hydrogen-bond donors (Lipinski definition) is 0. The van der Waals surface area contributed by atoms with Crippen molar-refractivity contribution in [3.8, 4) is 10.6 Å². The maximum atomic E-state index is 12.4. The van der Waals surface area contributed by atoms with E-state index in [0.717, 1.165) is 23.5 Å². The van der Waals surface area contributed by atoms with Crippen molar-refractivity contribution in [1.29, 1.82) is 0 Å². The molecule has 0 amide bonds. The highest BCUT2D eigenvalue weighted by Gasteiger charge is 2.30. The van der Waals surface area contributed by atoms with Crippen molar-refractivity contribution < 1.29 is 18.0 Å². The predicted molar refractivity (Wildman–Crippen MR) is 62.7 cm³/mol. The van der Waals surface area contributed by atoms with Crippen molar-refractivity contribution in [1.82, 2.24) is 4.98 Å². The molecule has 0 saturated carbocycles. The van der Waals surface area contributed by atoms with Gasteiger partial charge in [-0.15, -0.1) is 11.3 Å². The molecule has 0 aliphatic carbocycles. The molecule has 2 rings (SSSR count). The second-order valence-electron chi connectivity index (χ2n) is 3.39. The summed E-state index contributed by atoms with van der Waals surface area (Å²) in [6, 6.07) is 4.56. The summed E-state index contributed by atoms with van der Waals surface area (Å²) < 4.78 is 37.1. The molecule has 0 atom stereocenters. The molecule has 0 radical (unpaired) electrons. The van der Waals surface area contributed by atoms with Gasteiger partial charge in [0.25, 0.3) is 5.24 Å². The first-order valence-corrected chi connectivity index (χ1v) is 5.96. The summed E-state index contributed by atoms with van der Waals surface area (Å²) in [6.45, 7) is 0. The van der Waals surface area contributed by atoms with E-state index in [1.807, 2.05) is 0 Å². The summed E-state index contributed by atoms with van der Waals surface area (Å²) in [5.41, 5.74) is -0.120. The van der Waals surface area contributed by atoms with Crippen molar-refractivity contribution in [2.24, 2.45) is 0 Å². The Hall–Kier alpha value is -1.40. The second kappa shape index (κ2) is 4.70. The number of carbonyl (C=O) groups is 1. The molecule has 0 fully saturated rings. The van der Waals surface area contributed by atoms with Crippen LogP contribution in [0.2, 0.25) is 0 Å². The van der Waals surface area contributed by atoms with Crippen LogP contribution in [0.1, 0.15) is 16.1 Å². The Bertz CT molecular complexity index is 577. The molecule has 0 aliphatic heterocycles. The Morgan fingerprint density at radius 2 is 1.83 bits per heavy atom. The van der Waals surface area contributed by atoms with Gasteiger partial charge in [0.1, 0.15) is 10.7 Å². The number of halogens is 4. The molecular weight excluding hydrogens is 287 g/mol. The Kier molecular flexibility index (Phi) is 3.41. The molecule has 0 N–H and O–H groups in total. The molecule has 0 unspecified atom stereocenters. The first-order chi connectivity index (χ1) is 8.38. The van der Waals surface area contributed by atoms with Gasteiger partial charge >= 0.3 is 6.18 Å². The number of carbonyl (C=O) groups excluding carboxylic acids is 1. The molecule has 1 aromatic heterocycles. The van der Waals surface area contributed by atoms with E-state index in [4.69, 9.17) is 11.6 Å². The number of thiazole rings is 1. The number of hydrogen-bond acceptors (Lipinski definition) is 3. The summed E-state index contributed by atoms with van der Waals surface area (Å²) in [4.78, 5) is 14.8. The van der Waals surface area contributed by atoms with Crippen LogP contribution in [-0.2, 0) is 6.18 Å². The van der Waals surface area contributed by atoms with Gasteiger partial charge in [-0.3, -0.25) is 4.79 Å². The van der Waals surface area contributed by atoms with E-state index in [1.165, 1.54) is 17.5 Å². The number of benzene rings is 1. The smallest absolute Gasteiger partial charge is 0.274 e. The van der Waals surface area contributed by atoms with Crippen molar-refractivity contribution in [3.05, 3.63) is 40.9 Å². The minimum absolute atomic E-state index is 0.0940. The van der Waals surface area contributed by atoms with Crippen LogP contribution in [0.3, 0.4) is 0 Å². The average Bonchev–Trinajstić information content (AvgIpc) is 2.77. The zero-order chi connectivity index (χ0) is 13.3. The monoisotopic (exact) mass is 291 g/mol. The molecule has 2 nitrogen and oxygen atoms in total. The van der Waals surface area contributed by atoms with E-state index in [0.29, 0.717) is 10.6 Å². The number of alkyl halides is 3. The van der Waals surface area contributed by atoms with Crippen molar-refractivity contribution in [3.63, 3.8) is 0 Å². The minimum atomic E-state index is -4.36. The van der Waals surface area contributed by atoms with Gasteiger partial charge in [0.15, 0.2) is 0 Å². The van der Waals surface area contributed by atoms with Crippen LogP contribution in [0.25, 0.3) is 10.6 Å². The molecule has 0 aliphatic rings. The van der Waals surface area contributed by atoms with E-state index in [1.54, 1.807) is 0 Å². The zero-order valence-corrected chi connectivity index (χ0v) is 10.2. The maximum absolute atomic E-state index is 12.4. The Labute approximate surface area is 109 Å². The van der Waals surface area contributed by atoms with Crippen LogP contribution in [0.5, 0.6) is 0 Å². The largest absolute Gasteiger partial charge is 0.416 e. The highest BCUT2D eigenvalue weighted by Crippen LogP contribution is 2.31. The SMILES string of the molecule is O=C(Cl)c1csc(-c2ccc(C(F)(F)F)cc2)n1. The van der Waals surface area contributed by atoms with Crippen LogP contribution < -0.4 is 0 Å². The first-order valence-electron chi connectivity index (χ1n) is 4.71. The lowest BCUT2D eigenvalue weighted by Gasteiger charge is -2.06. The molecule has 1 aromatic carbocycles. The summed E-state index contributed by atoms with van der Waals surface area (Å²) in [5.74, 6) is 0. The fraction of sp³-hybridized carbons (Fsp3) is 0.0909. The summed E-state index contributed by atoms with van der Waals surface area (Å²) >= 11 is 6.39. The van der Waals surface area contributed by atoms with Crippen LogP contribution in [-0.4, -0.2) is 10.2 Å². The van der Waals surface area contributed by atoms with E-state index in [-0.39, 0.29) is 5.69 Å². The summed E-state index contributed by atoms with van der Waals surface area (Å²) in [5, 5.41) is 1.22. The standard InChI is InChI=1S/C11H5ClF3NOS/c12-9(17)8-5-18-10(16-8)6-1-3-7(4-2-6)11(13,14)15/h1-5H. The van der Waals surface area contributed by atoms with Crippen molar-refractivity contribution >= 4 is 28.2 Å². The second-order valence-corrected chi connectivity index (χ2v) is 4.59. The van der Waals surface area contributed by atoms with Gasteiger partial charge in [0.05, 0.1) is 5.56 Å². The normalized spacial score (nSPS) is 11.6. The number of rotatable bonds is 2. The lowest BCUT2D eigenvalue weighted by molar-refractivity contribution is -0.137. The summed E-state index contributed by atoms with van der Waals surface area (Å²) in [7, 11) is 0. The quantitative estimate of drug-likeness (QED) is 0.776. The van der Waals surface area contributed by atoms with E-state index < -0.39 is 17.0 Å². The van der Waals surface area contributed by atoms with E-state index >= 15 is 0 Å². The third-order valence-corrected chi connectivity index (χ3v) is 3.25. The van der Waals surface area contributed by atoms with Gasteiger partial charge in [-0.2, -0.15) is 13.2 Å². The van der Waals surface area contributed by atoms with Crippen molar-refractivity contribution in [2.45, 2.75) is 6.18 Å². The van der Waals surface area contributed by atoms with Gasteiger partial charge in [0.2, 0.25) is 0 Å². The summed E-state index contributed by atoms with van der Waals surface area (Å²) in [6.07, 6.45) is -4.36. The average molecular weight is 292 g/mol. The molecule has 2 aromatic rings. The Morgan fingerprint density at radius 1 is 1.22 bits per heavy atom. The van der Waals surface area contributed by atoms with Gasteiger partial charge in [-0.1, -0.05) is 12.1 Å². The third kappa shape index (κ3) is 2.70. The lowest BCUT2D eigenvalue weighted by Crippen LogP contribution is -2.03. The zero-order valence-electron chi connectivity index (χ0n) is 8.66. The number of aromatic nitrogens is 1. The Balaban J connectivity index is 2.31. The van der Waals surface area contributed by atoms with Gasteiger partial charge in [0, 0.05) is 10.9 Å². The highest BCUT2D eigenvalue weighted by molar-refractivity contribution is 7.13. The number of nitrogens with zero attached hydrogens (tertiary/aromatic N) is 1. The molecule has 0 saturated heterocycles. The lowest BCUT2D eigenvalue weighted by atomic mass is 10.1. The van der Waals surface area contributed by atoms with Crippen LogP contribution in [0.4, 0.5) is 13.2 Å². The van der Waals surface area contributed by atoms with Gasteiger partial charge < -0.3 is 0 Å². The maximum Gasteiger partial charge on any atom is 0.416 e. The van der Waals surface area contributed by atoms with Crippen molar-refractivity contribution in [2.75, 3.05) is 0 Å². The molecular formula is C11H5ClF3NOS. The first kappa shape index (κ1) is 13.0. The van der Waals surface area contributed by atoms with E-state index in [2.05, 4.69) is 4.98 Å². The fourth-order valence-corrected chi connectivity index (χ4v) is 2.27. The molecule has 7 heteroatoms. The molecule has 0 bridgehead atoms. The minimum Gasteiger partial charge on any atom is -0.274 e. The molecule has 18 heavy (non-hydrogen) atoms. The van der Waals surface area contributed by atoms with Gasteiger partial charge in [-0.05, 0) is 23.7 Å². The van der Waals surface area contributed by atoms with Crippen LogP contribution in [0, 0.1) is 0 Å². The molecule has 1 heterocycles. The van der Waals surface area contributed by atoms with Gasteiger partial charge in [-0.25, -0.2) is 4.98 Å². The molecule has 0 spiro atoms. The fourth-order valence-electron chi connectivity index (χ4n) is 1.30. The third-order valence-electron chi connectivity index (χ3n) is 2.16. The molecule has 94 valence electrons. The topological polar surface area (TPSA) is 30.0 Å². The highest BCUT2D eigenvalue weighted by atomic mass is 35.5. The Morgan fingerprint density at radius 3 is 2.28 bits per heavy atom. The predicted octanol–water partition coefficient (Wildman–Crippen LogP) is 4.21.